The fourth-order valence-electron chi connectivity index (χ4n) is 2.02. The molecule has 5 heteroatoms. The topological polar surface area (TPSA) is 95.9 Å². The summed E-state index contributed by atoms with van der Waals surface area (Å²) >= 11 is 0. The number of nitrogen functional groups attached to an aromatic ring is 2. The summed E-state index contributed by atoms with van der Waals surface area (Å²) in [6.07, 6.45) is 0. The smallest absolute Gasteiger partial charge is 0.146 e. The standard InChI is InChI=1S/C14H21N5/c1-14(2,3)19-13(17)11(16)12(18-19)10(15)9-7-5-4-6-8-9/h4-8,10H,15-17H2,1-3H3. The third-order valence-corrected chi connectivity index (χ3v) is 3.08. The summed E-state index contributed by atoms with van der Waals surface area (Å²) in [4.78, 5) is 0. The van der Waals surface area contributed by atoms with Gasteiger partial charge in [-0.05, 0) is 26.3 Å². The molecule has 0 aliphatic carbocycles. The second kappa shape index (κ2) is 4.59. The first-order valence-electron chi connectivity index (χ1n) is 6.27. The summed E-state index contributed by atoms with van der Waals surface area (Å²) in [6.45, 7) is 6.06. The molecule has 0 fully saturated rings. The van der Waals surface area contributed by atoms with Gasteiger partial charge in [-0.3, -0.25) is 0 Å². The molecule has 6 N–H and O–H groups in total. The van der Waals surface area contributed by atoms with E-state index in [0.717, 1.165) is 5.56 Å². The van der Waals surface area contributed by atoms with Crippen molar-refractivity contribution in [2.45, 2.75) is 32.4 Å². The Morgan fingerprint density at radius 1 is 1.11 bits per heavy atom. The van der Waals surface area contributed by atoms with Crippen LogP contribution in [0.2, 0.25) is 0 Å². The molecular formula is C14H21N5. The molecule has 102 valence electrons. The lowest BCUT2D eigenvalue weighted by Crippen LogP contribution is -2.25. The van der Waals surface area contributed by atoms with Crippen LogP contribution in [0.5, 0.6) is 0 Å². The van der Waals surface area contributed by atoms with Gasteiger partial charge in [-0.15, -0.1) is 0 Å². The second-order valence-electron chi connectivity index (χ2n) is 5.66. The SMILES string of the molecule is CC(C)(C)n1nc(C(N)c2ccccc2)c(N)c1N. The van der Waals surface area contributed by atoms with E-state index in [1.807, 2.05) is 51.1 Å². The van der Waals surface area contributed by atoms with Gasteiger partial charge in [0.25, 0.3) is 0 Å². The molecule has 0 aliphatic rings. The van der Waals surface area contributed by atoms with Crippen molar-refractivity contribution >= 4 is 11.5 Å². The van der Waals surface area contributed by atoms with E-state index in [0.29, 0.717) is 17.2 Å². The summed E-state index contributed by atoms with van der Waals surface area (Å²) in [5.74, 6) is 0.467. The molecule has 0 saturated heterocycles. The molecule has 1 unspecified atom stereocenters. The maximum absolute atomic E-state index is 6.23. The predicted molar refractivity (Wildman–Crippen MR) is 78.5 cm³/mol. The van der Waals surface area contributed by atoms with Crippen molar-refractivity contribution in [2.24, 2.45) is 5.73 Å². The predicted octanol–water partition coefficient (Wildman–Crippen LogP) is 1.85. The van der Waals surface area contributed by atoms with Crippen molar-refractivity contribution in [3.63, 3.8) is 0 Å². The van der Waals surface area contributed by atoms with Crippen molar-refractivity contribution < 1.29 is 0 Å². The molecule has 0 aliphatic heterocycles. The summed E-state index contributed by atoms with van der Waals surface area (Å²) in [5, 5.41) is 4.50. The van der Waals surface area contributed by atoms with Crippen LogP contribution < -0.4 is 17.2 Å². The first-order chi connectivity index (χ1) is 8.82. The van der Waals surface area contributed by atoms with Crippen molar-refractivity contribution in [1.29, 1.82) is 0 Å². The molecule has 1 heterocycles. The quantitative estimate of drug-likeness (QED) is 0.767. The van der Waals surface area contributed by atoms with E-state index in [1.54, 1.807) is 4.68 Å². The van der Waals surface area contributed by atoms with Crippen molar-refractivity contribution in [3.05, 3.63) is 41.6 Å². The van der Waals surface area contributed by atoms with Gasteiger partial charge in [0.2, 0.25) is 0 Å². The Hall–Kier alpha value is -2.01. The van der Waals surface area contributed by atoms with Gasteiger partial charge in [-0.1, -0.05) is 30.3 Å². The molecular weight excluding hydrogens is 238 g/mol. The first-order valence-corrected chi connectivity index (χ1v) is 6.27. The zero-order valence-electron chi connectivity index (χ0n) is 11.6. The first kappa shape index (κ1) is 13.4. The lowest BCUT2D eigenvalue weighted by molar-refractivity contribution is 0.358. The average molecular weight is 259 g/mol. The number of anilines is 2. The van der Waals surface area contributed by atoms with Gasteiger partial charge >= 0.3 is 0 Å². The fraction of sp³-hybridized carbons (Fsp3) is 0.357. The molecule has 0 bridgehead atoms. The Labute approximate surface area is 113 Å². The maximum Gasteiger partial charge on any atom is 0.146 e. The molecule has 5 nitrogen and oxygen atoms in total. The van der Waals surface area contributed by atoms with E-state index >= 15 is 0 Å². The average Bonchev–Trinajstić information content (AvgIpc) is 2.66. The summed E-state index contributed by atoms with van der Waals surface area (Å²) in [6, 6.07) is 9.37. The summed E-state index contributed by atoms with van der Waals surface area (Å²) in [7, 11) is 0. The lowest BCUT2D eigenvalue weighted by Gasteiger charge is -2.20. The molecule has 1 atom stereocenters. The van der Waals surface area contributed by atoms with Crippen molar-refractivity contribution in [1.82, 2.24) is 9.78 Å². The largest absolute Gasteiger partial charge is 0.394 e. The zero-order valence-corrected chi connectivity index (χ0v) is 11.6. The number of hydrogen-bond donors (Lipinski definition) is 3. The van der Waals surface area contributed by atoms with Crippen LogP contribution in [0.3, 0.4) is 0 Å². The van der Waals surface area contributed by atoms with Gasteiger partial charge in [0, 0.05) is 0 Å². The van der Waals surface area contributed by atoms with Gasteiger partial charge < -0.3 is 17.2 Å². The number of aromatic nitrogens is 2. The summed E-state index contributed by atoms with van der Waals surface area (Å²) < 4.78 is 1.72. The Morgan fingerprint density at radius 2 is 1.68 bits per heavy atom. The van der Waals surface area contributed by atoms with E-state index in [1.165, 1.54) is 0 Å². The van der Waals surface area contributed by atoms with Gasteiger partial charge in [-0.25, -0.2) is 4.68 Å². The number of benzene rings is 1. The molecule has 0 amide bonds. The molecule has 2 aromatic rings. The van der Waals surface area contributed by atoms with Crippen molar-refractivity contribution in [2.75, 3.05) is 11.5 Å². The monoisotopic (exact) mass is 259 g/mol. The Bertz CT molecular complexity index is 566. The Balaban J connectivity index is 2.47. The minimum Gasteiger partial charge on any atom is -0.394 e. The summed E-state index contributed by atoms with van der Waals surface area (Å²) in [5.41, 5.74) is 20.1. The highest BCUT2D eigenvalue weighted by Crippen LogP contribution is 2.31. The normalized spacial score (nSPS) is 13.5. The van der Waals surface area contributed by atoms with Gasteiger partial charge in [0.15, 0.2) is 0 Å². The highest BCUT2D eigenvalue weighted by atomic mass is 15.4. The minimum absolute atomic E-state index is 0.229. The molecule has 1 aromatic heterocycles. The van der Waals surface area contributed by atoms with E-state index in [4.69, 9.17) is 17.2 Å². The molecule has 1 aromatic carbocycles. The molecule has 19 heavy (non-hydrogen) atoms. The molecule has 0 saturated carbocycles. The van der Waals surface area contributed by atoms with Crippen LogP contribution in [0.25, 0.3) is 0 Å². The number of rotatable bonds is 2. The highest BCUT2D eigenvalue weighted by molar-refractivity contribution is 5.64. The minimum atomic E-state index is -0.368. The highest BCUT2D eigenvalue weighted by Gasteiger charge is 2.25. The Kier molecular flexibility index (Phi) is 3.24. The molecule has 2 rings (SSSR count). The van der Waals surface area contributed by atoms with Crippen LogP contribution in [0.4, 0.5) is 11.5 Å². The van der Waals surface area contributed by atoms with E-state index in [-0.39, 0.29) is 11.6 Å². The third-order valence-electron chi connectivity index (χ3n) is 3.08. The van der Waals surface area contributed by atoms with Gasteiger partial charge in [0.05, 0.1) is 17.3 Å². The van der Waals surface area contributed by atoms with Crippen LogP contribution in [0.1, 0.15) is 38.1 Å². The van der Waals surface area contributed by atoms with E-state index in [2.05, 4.69) is 5.10 Å². The van der Waals surface area contributed by atoms with Gasteiger partial charge in [-0.2, -0.15) is 5.10 Å². The number of nitrogens with zero attached hydrogens (tertiary/aromatic N) is 2. The molecule has 0 radical (unpaired) electrons. The number of nitrogens with two attached hydrogens (primary N) is 3. The number of hydrogen-bond acceptors (Lipinski definition) is 4. The maximum atomic E-state index is 6.23. The van der Waals surface area contributed by atoms with Gasteiger partial charge in [0.1, 0.15) is 11.5 Å². The van der Waals surface area contributed by atoms with E-state index in [9.17, 15) is 0 Å². The van der Waals surface area contributed by atoms with E-state index < -0.39 is 0 Å². The second-order valence-corrected chi connectivity index (χ2v) is 5.66. The van der Waals surface area contributed by atoms with Crippen molar-refractivity contribution in [3.8, 4) is 0 Å². The van der Waals surface area contributed by atoms with Crippen LogP contribution in [0, 0.1) is 0 Å². The zero-order chi connectivity index (χ0) is 14.2. The Morgan fingerprint density at radius 3 is 2.16 bits per heavy atom. The molecule has 0 spiro atoms. The van der Waals surface area contributed by atoms with Crippen LogP contribution >= 0.6 is 0 Å². The van der Waals surface area contributed by atoms with Crippen LogP contribution in [-0.2, 0) is 5.54 Å². The van der Waals surface area contributed by atoms with Crippen LogP contribution in [-0.4, -0.2) is 9.78 Å². The third kappa shape index (κ3) is 2.42. The lowest BCUT2D eigenvalue weighted by atomic mass is 10.0. The van der Waals surface area contributed by atoms with Crippen LogP contribution in [0.15, 0.2) is 30.3 Å². The fourth-order valence-corrected chi connectivity index (χ4v) is 2.02.